The van der Waals surface area contributed by atoms with E-state index in [-0.39, 0.29) is 11.6 Å². The fourth-order valence-corrected chi connectivity index (χ4v) is 3.47. The van der Waals surface area contributed by atoms with Crippen molar-refractivity contribution in [2.24, 2.45) is 11.8 Å². The smallest absolute Gasteiger partial charge is 0.190 e. The normalized spacial score (nSPS) is 23.4. The van der Waals surface area contributed by atoms with Crippen molar-refractivity contribution in [3.8, 4) is 0 Å². The largest absolute Gasteiger partial charge is 0.289 e. The van der Waals surface area contributed by atoms with Crippen molar-refractivity contribution in [2.75, 3.05) is 0 Å². The summed E-state index contributed by atoms with van der Waals surface area (Å²) in [5.41, 5.74) is 2.78. The predicted octanol–water partition coefficient (Wildman–Crippen LogP) is 4.21. The zero-order chi connectivity index (χ0) is 14.3. The standard InChI is InChI=1S/C18H20O2/c1-3-11(2)12-8-9-15-16(10-12)18(20)14-7-5-4-6-13(14)17(15)19/h4-7,11-12H,3,8-10H2,1-2H3. The highest BCUT2D eigenvalue weighted by atomic mass is 16.1. The van der Waals surface area contributed by atoms with Gasteiger partial charge in [0.1, 0.15) is 0 Å². The first kappa shape index (κ1) is 13.3. The molecule has 104 valence electrons. The Balaban J connectivity index is 2.00. The second-order valence-electron chi connectivity index (χ2n) is 6.05. The Morgan fingerprint density at radius 1 is 1.10 bits per heavy atom. The third-order valence-corrected chi connectivity index (χ3v) is 5.01. The molecule has 2 atom stereocenters. The van der Waals surface area contributed by atoms with Crippen LogP contribution >= 0.6 is 0 Å². The number of carbonyl (C=O) groups is 2. The molecule has 2 unspecified atom stereocenters. The molecule has 0 radical (unpaired) electrons. The molecule has 1 aromatic carbocycles. The van der Waals surface area contributed by atoms with Crippen LogP contribution in [0.15, 0.2) is 35.4 Å². The van der Waals surface area contributed by atoms with E-state index < -0.39 is 0 Å². The molecule has 0 fully saturated rings. The van der Waals surface area contributed by atoms with Crippen LogP contribution in [0.25, 0.3) is 0 Å². The van der Waals surface area contributed by atoms with Crippen molar-refractivity contribution in [1.82, 2.24) is 0 Å². The second kappa shape index (κ2) is 5.01. The molecule has 2 heteroatoms. The molecule has 1 aromatic rings. The lowest BCUT2D eigenvalue weighted by Gasteiger charge is -2.32. The summed E-state index contributed by atoms with van der Waals surface area (Å²) in [6.45, 7) is 4.44. The van der Waals surface area contributed by atoms with Gasteiger partial charge in [-0.1, -0.05) is 44.5 Å². The first-order chi connectivity index (χ1) is 9.63. The van der Waals surface area contributed by atoms with E-state index in [1.807, 2.05) is 12.1 Å². The van der Waals surface area contributed by atoms with E-state index in [4.69, 9.17) is 0 Å². The molecule has 2 aliphatic carbocycles. The molecule has 0 aliphatic heterocycles. The third-order valence-electron chi connectivity index (χ3n) is 5.01. The van der Waals surface area contributed by atoms with E-state index in [1.165, 1.54) is 0 Å². The first-order valence-electron chi connectivity index (χ1n) is 7.54. The zero-order valence-electron chi connectivity index (χ0n) is 12.1. The van der Waals surface area contributed by atoms with Crippen molar-refractivity contribution < 1.29 is 9.59 Å². The molecule has 0 aromatic heterocycles. The molecule has 0 bridgehead atoms. The molecule has 2 aliphatic rings. The summed E-state index contributed by atoms with van der Waals surface area (Å²) >= 11 is 0. The summed E-state index contributed by atoms with van der Waals surface area (Å²) in [6, 6.07) is 7.23. The molecular weight excluding hydrogens is 248 g/mol. The highest BCUT2D eigenvalue weighted by molar-refractivity contribution is 6.27. The summed E-state index contributed by atoms with van der Waals surface area (Å²) in [5, 5.41) is 0. The maximum absolute atomic E-state index is 12.6. The van der Waals surface area contributed by atoms with Gasteiger partial charge in [0, 0.05) is 22.3 Å². The minimum absolute atomic E-state index is 0.0813. The lowest BCUT2D eigenvalue weighted by atomic mass is 9.70. The molecule has 0 spiro atoms. The zero-order valence-corrected chi connectivity index (χ0v) is 12.1. The molecule has 0 saturated carbocycles. The Bertz CT molecular complexity index is 610. The second-order valence-corrected chi connectivity index (χ2v) is 6.05. The fraction of sp³-hybridized carbons (Fsp3) is 0.444. The van der Waals surface area contributed by atoms with E-state index in [1.54, 1.807) is 12.1 Å². The molecule has 0 saturated heterocycles. The lowest BCUT2D eigenvalue weighted by Crippen LogP contribution is -2.28. The van der Waals surface area contributed by atoms with Crippen molar-refractivity contribution in [3.05, 3.63) is 46.5 Å². The van der Waals surface area contributed by atoms with Gasteiger partial charge in [0.15, 0.2) is 11.6 Å². The maximum atomic E-state index is 12.6. The lowest BCUT2D eigenvalue weighted by molar-refractivity contribution is 0.0954. The summed E-state index contributed by atoms with van der Waals surface area (Å²) in [6.07, 6.45) is 3.72. The van der Waals surface area contributed by atoms with Gasteiger partial charge in [-0.25, -0.2) is 0 Å². The molecule has 0 heterocycles. The van der Waals surface area contributed by atoms with Gasteiger partial charge in [-0.05, 0) is 31.1 Å². The number of hydrogen-bond acceptors (Lipinski definition) is 2. The van der Waals surface area contributed by atoms with Gasteiger partial charge >= 0.3 is 0 Å². The fourth-order valence-electron chi connectivity index (χ4n) is 3.47. The van der Waals surface area contributed by atoms with Gasteiger partial charge in [-0.2, -0.15) is 0 Å². The van der Waals surface area contributed by atoms with Crippen LogP contribution < -0.4 is 0 Å². The SMILES string of the molecule is CCC(C)C1CCC2=C(C1)C(=O)c1ccccc1C2=O. The van der Waals surface area contributed by atoms with Gasteiger partial charge < -0.3 is 0 Å². The average molecular weight is 268 g/mol. The summed E-state index contributed by atoms with van der Waals surface area (Å²) in [5.74, 6) is 1.32. The molecular formula is C18H20O2. The quantitative estimate of drug-likeness (QED) is 0.805. The number of Topliss-reactive ketones (excluding diaryl/α,β-unsaturated/α-hetero) is 2. The van der Waals surface area contributed by atoms with Crippen molar-refractivity contribution in [3.63, 3.8) is 0 Å². The molecule has 20 heavy (non-hydrogen) atoms. The number of hydrogen-bond donors (Lipinski definition) is 0. The topological polar surface area (TPSA) is 34.1 Å². The van der Waals surface area contributed by atoms with Gasteiger partial charge in [-0.3, -0.25) is 9.59 Å². The summed E-state index contributed by atoms with van der Waals surface area (Å²) < 4.78 is 0. The summed E-state index contributed by atoms with van der Waals surface area (Å²) in [4.78, 5) is 25.2. The van der Waals surface area contributed by atoms with Gasteiger partial charge in [0.25, 0.3) is 0 Å². The van der Waals surface area contributed by atoms with E-state index in [9.17, 15) is 9.59 Å². The number of allylic oxidation sites excluding steroid dienone is 2. The van der Waals surface area contributed by atoms with E-state index >= 15 is 0 Å². The van der Waals surface area contributed by atoms with Crippen LogP contribution in [0.5, 0.6) is 0 Å². The number of ketones is 2. The summed E-state index contributed by atoms with van der Waals surface area (Å²) in [7, 11) is 0. The van der Waals surface area contributed by atoms with Crippen molar-refractivity contribution >= 4 is 11.6 Å². The Morgan fingerprint density at radius 2 is 1.70 bits per heavy atom. The Labute approximate surface area is 119 Å². The van der Waals surface area contributed by atoms with Crippen molar-refractivity contribution in [1.29, 1.82) is 0 Å². The van der Waals surface area contributed by atoms with Crippen LogP contribution in [0.4, 0.5) is 0 Å². The van der Waals surface area contributed by atoms with Crippen LogP contribution in [-0.2, 0) is 0 Å². The van der Waals surface area contributed by atoms with Crippen LogP contribution in [0.2, 0.25) is 0 Å². The Hall–Kier alpha value is -1.70. The minimum atomic E-state index is 0.0813. The Kier molecular flexibility index (Phi) is 3.33. The van der Waals surface area contributed by atoms with Crippen LogP contribution in [0, 0.1) is 11.8 Å². The monoisotopic (exact) mass is 268 g/mol. The Morgan fingerprint density at radius 3 is 2.30 bits per heavy atom. The number of rotatable bonds is 2. The van der Waals surface area contributed by atoms with Crippen molar-refractivity contribution in [2.45, 2.75) is 39.5 Å². The van der Waals surface area contributed by atoms with Gasteiger partial charge in [0.2, 0.25) is 0 Å². The number of fused-ring (bicyclic) bond motifs is 1. The molecule has 3 rings (SSSR count). The number of benzene rings is 1. The van der Waals surface area contributed by atoms with E-state index in [0.717, 1.165) is 36.8 Å². The molecule has 0 N–H and O–H groups in total. The average Bonchev–Trinajstić information content (AvgIpc) is 2.51. The van der Waals surface area contributed by atoms with Crippen LogP contribution in [0.3, 0.4) is 0 Å². The van der Waals surface area contributed by atoms with E-state index in [0.29, 0.717) is 23.0 Å². The van der Waals surface area contributed by atoms with Gasteiger partial charge in [0.05, 0.1) is 0 Å². The van der Waals surface area contributed by atoms with E-state index in [2.05, 4.69) is 13.8 Å². The predicted molar refractivity (Wildman–Crippen MR) is 78.9 cm³/mol. The first-order valence-corrected chi connectivity index (χ1v) is 7.54. The molecule has 0 amide bonds. The highest BCUT2D eigenvalue weighted by Crippen LogP contribution is 2.40. The number of carbonyl (C=O) groups excluding carboxylic acids is 2. The maximum Gasteiger partial charge on any atom is 0.190 e. The van der Waals surface area contributed by atoms with Gasteiger partial charge in [-0.15, -0.1) is 0 Å². The molecule has 2 nitrogen and oxygen atoms in total. The highest BCUT2D eigenvalue weighted by Gasteiger charge is 2.36. The minimum Gasteiger partial charge on any atom is -0.289 e. The van der Waals surface area contributed by atoms with Crippen LogP contribution in [0.1, 0.15) is 60.2 Å². The van der Waals surface area contributed by atoms with Crippen LogP contribution in [-0.4, -0.2) is 11.6 Å². The third kappa shape index (κ3) is 1.94.